The highest BCUT2D eigenvalue weighted by Gasteiger charge is 2.16. The molecule has 0 radical (unpaired) electrons. The SMILES string of the molecule is Cc1cc(Br)c2c(OC(F)F)c(F)ccc2c1. The van der Waals surface area contributed by atoms with Crippen LogP contribution in [-0.2, 0) is 0 Å². The first kappa shape index (κ1) is 12.2. The molecule has 0 aliphatic rings. The molecule has 0 fully saturated rings. The Morgan fingerprint density at radius 2 is 1.94 bits per heavy atom. The smallest absolute Gasteiger partial charge is 0.387 e. The molecule has 2 aromatic carbocycles. The summed E-state index contributed by atoms with van der Waals surface area (Å²) in [4.78, 5) is 0. The number of hydrogen-bond acceptors (Lipinski definition) is 1. The lowest BCUT2D eigenvalue weighted by Gasteiger charge is -2.11. The van der Waals surface area contributed by atoms with E-state index in [1.807, 2.05) is 6.92 Å². The second-order valence-corrected chi connectivity index (χ2v) is 4.45. The van der Waals surface area contributed by atoms with Gasteiger partial charge >= 0.3 is 6.61 Å². The summed E-state index contributed by atoms with van der Waals surface area (Å²) in [6.45, 7) is -1.19. The molecule has 0 aliphatic carbocycles. The number of benzene rings is 2. The van der Waals surface area contributed by atoms with E-state index in [1.54, 1.807) is 12.1 Å². The van der Waals surface area contributed by atoms with E-state index in [9.17, 15) is 13.2 Å². The fraction of sp³-hybridized carbons (Fsp3) is 0.167. The van der Waals surface area contributed by atoms with Gasteiger partial charge in [0.1, 0.15) is 0 Å². The predicted molar refractivity (Wildman–Crippen MR) is 63.0 cm³/mol. The quantitative estimate of drug-likeness (QED) is 0.784. The van der Waals surface area contributed by atoms with Crippen molar-refractivity contribution in [2.45, 2.75) is 13.5 Å². The van der Waals surface area contributed by atoms with Gasteiger partial charge in [-0.15, -0.1) is 0 Å². The molecule has 17 heavy (non-hydrogen) atoms. The molecule has 0 aliphatic heterocycles. The Kier molecular flexibility index (Phi) is 3.28. The molecule has 0 saturated heterocycles. The van der Waals surface area contributed by atoms with Crippen molar-refractivity contribution in [1.82, 2.24) is 0 Å². The maximum atomic E-state index is 13.5. The lowest BCUT2D eigenvalue weighted by Crippen LogP contribution is -2.04. The van der Waals surface area contributed by atoms with Gasteiger partial charge < -0.3 is 4.74 Å². The van der Waals surface area contributed by atoms with Crippen LogP contribution in [0.4, 0.5) is 13.2 Å². The zero-order valence-corrected chi connectivity index (χ0v) is 10.4. The van der Waals surface area contributed by atoms with Crippen molar-refractivity contribution in [2.75, 3.05) is 0 Å². The predicted octanol–water partition coefficient (Wildman–Crippen LogP) is 4.65. The summed E-state index contributed by atoms with van der Waals surface area (Å²) < 4.78 is 42.7. The van der Waals surface area contributed by atoms with E-state index in [2.05, 4.69) is 20.7 Å². The van der Waals surface area contributed by atoms with Gasteiger partial charge in [0.2, 0.25) is 0 Å². The van der Waals surface area contributed by atoms with Gasteiger partial charge in [-0.05, 0) is 30.0 Å². The van der Waals surface area contributed by atoms with Crippen LogP contribution in [0.2, 0.25) is 0 Å². The summed E-state index contributed by atoms with van der Waals surface area (Å²) in [6, 6.07) is 6.14. The van der Waals surface area contributed by atoms with Gasteiger partial charge in [0.05, 0.1) is 0 Å². The summed E-state index contributed by atoms with van der Waals surface area (Å²) >= 11 is 3.23. The zero-order valence-electron chi connectivity index (χ0n) is 8.81. The summed E-state index contributed by atoms with van der Waals surface area (Å²) in [6.07, 6.45) is 0. The van der Waals surface area contributed by atoms with Crippen molar-refractivity contribution in [3.63, 3.8) is 0 Å². The highest BCUT2D eigenvalue weighted by atomic mass is 79.9. The number of halogens is 4. The van der Waals surface area contributed by atoms with Crippen molar-refractivity contribution in [1.29, 1.82) is 0 Å². The van der Waals surface area contributed by atoms with E-state index in [1.165, 1.54) is 6.07 Å². The Morgan fingerprint density at radius 3 is 2.59 bits per heavy atom. The van der Waals surface area contributed by atoms with Crippen LogP contribution in [0, 0.1) is 12.7 Å². The average molecular weight is 305 g/mol. The summed E-state index contributed by atoms with van der Waals surface area (Å²) in [5.41, 5.74) is 0.944. The van der Waals surface area contributed by atoms with Gasteiger partial charge in [0.15, 0.2) is 11.6 Å². The van der Waals surface area contributed by atoms with E-state index in [4.69, 9.17) is 0 Å². The number of alkyl halides is 2. The van der Waals surface area contributed by atoms with Gasteiger partial charge in [-0.1, -0.05) is 28.1 Å². The normalized spacial score (nSPS) is 11.2. The first-order valence-corrected chi connectivity index (χ1v) is 5.61. The minimum Gasteiger partial charge on any atom is -0.431 e. The number of fused-ring (bicyclic) bond motifs is 1. The fourth-order valence-electron chi connectivity index (χ4n) is 1.70. The second kappa shape index (κ2) is 4.56. The number of ether oxygens (including phenoxy) is 1. The summed E-state index contributed by atoms with van der Waals surface area (Å²) in [5, 5.41) is 0.963. The Morgan fingerprint density at radius 1 is 1.24 bits per heavy atom. The zero-order chi connectivity index (χ0) is 12.6. The van der Waals surface area contributed by atoms with Gasteiger partial charge in [-0.25, -0.2) is 4.39 Å². The monoisotopic (exact) mass is 304 g/mol. The molecule has 0 saturated carbocycles. The summed E-state index contributed by atoms with van der Waals surface area (Å²) in [5.74, 6) is -1.23. The van der Waals surface area contributed by atoms with Crippen LogP contribution >= 0.6 is 15.9 Å². The maximum absolute atomic E-state index is 13.5. The molecule has 90 valence electrons. The molecule has 0 spiro atoms. The third-order valence-corrected chi connectivity index (χ3v) is 2.95. The number of rotatable bonds is 2. The van der Waals surface area contributed by atoms with Crippen molar-refractivity contribution < 1.29 is 17.9 Å². The Hall–Kier alpha value is -1.23. The van der Waals surface area contributed by atoms with Crippen LogP contribution in [0.3, 0.4) is 0 Å². The van der Waals surface area contributed by atoms with Crippen molar-refractivity contribution in [2.24, 2.45) is 0 Å². The minimum absolute atomic E-state index is 0.316. The molecule has 0 bridgehead atoms. The molecule has 2 aromatic rings. The van der Waals surface area contributed by atoms with Crippen LogP contribution in [0.15, 0.2) is 28.7 Å². The molecule has 0 amide bonds. The van der Waals surface area contributed by atoms with Crippen LogP contribution in [0.1, 0.15) is 5.56 Å². The molecule has 0 unspecified atom stereocenters. The highest BCUT2D eigenvalue weighted by Crippen LogP contribution is 2.36. The van der Waals surface area contributed by atoms with Crippen molar-refractivity contribution >= 4 is 26.7 Å². The van der Waals surface area contributed by atoms with Crippen LogP contribution < -0.4 is 4.74 Å². The molecule has 0 heterocycles. The Labute approximate surface area is 104 Å². The van der Waals surface area contributed by atoms with Crippen LogP contribution in [-0.4, -0.2) is 6.61 Å². The van der Waals surface area contributed by atoms with Crippen LogP contribution in [0.5, 0.6) is 5.75 Å². The largest absolute Gasteiger partial charge is 0.431 e. The molecular weight excluding hydrogens is 297 g/mol. The van der Waals surface area contributed by atoms with E-state index >= 15 is 0 Å². The van der Waals surface area contributed by atoms with Crippen LogP contribution in [0.25, 0.3) is 10.8 Å². The minimum atomic E-state index is -3.05. The maximum Gasteiger partial charge on any atom is 0.387 e. The first-order chi connectivity index (χ1) is 7.99. The molecule has 1 nitrogen and oxygen atoms in total. The first-order valence-electron chi connectivity index (χ1n) is 4.82. The van der Waals surface area contributed by atoms with Gasteiger partial charge in [0.25, 0.3) is 0 Å². The van der Waals surface area contributed by atoms with Gasteiger partial charge in [-0.2, -0.15) is 8.78 Å². The topological polar surface area (TPSA) is 9.23 Å². The number of hydrogen-bond donors (Lipinski definition) is 0. The third-order valence-electron chi connectivity index (χ3n) is 2.33. The van der Waals surface area contributed by atoms with E-state index in [0.29, 0.717) is 15.2 Å². The molecule has 0 N–H and O–H groups in total. The average Bonchev–Trinajstić information content (AvgIpc) is 2.21. The lowest BCUT2D eigenvalue weighted by atomic mass is 10.1. The van der Waals surface area contributed by atoms with Crippen molar-refractivity contribution in [3.05, 3.63) is 40.1 Å². The van der Waals surface area contributed by atoms with Gasteiger partial charge in [-0.3, -0.25) is 0 Å². The second-order valence-electron chi connectivity index (χ2n) is 3.60. The van der Waals surface area contributed by atoms with E-state index in [-0.39, 0.29) is 0 Å². The molecule has 0 aromatic heterocycles. The summed E-state index contributed by atoms with van der Waals surface area (Å²) in [7, 11) is 0. The fourth-order valence-corrected chi connectivity index (χ4v) is 2.47. The Balaban J connectivity index is 2.75. The highest BCUT2D eigenvalue weighted by molar-refractivity contribution is 9.10. The Bertz CT molecular complexity index is 569. The lowest BCUT2D eigenvalue weighted by molar-refractivity contribution is -0.0510. The molecule has 0 atom stereocenters. The van der Waals surface area contributed by atoms with E-state index in [0.717, 1.165) is 11.6 Å². The standard InChI is InChI=1S/C12H8BrF3O/c1-6-4-7-2-3-9(14)11(17-12(15)16)10(7)8(13)5-6/h2-5,12H,1H3. The van der Waals surface area contributed by atoms with E-state index < -0.39 is 18.2 Å². The van der Waals surface area contributed by atoms with Crippen molar-refractivity contribution in [3.8, 4) is 5.75 Å². The molecule has 2 rings (SSSR count). The van der Waals surface area contributed by atoms with Gasteiger partial charge in [0, 0.05) is 9.86 Å². The number of aryl methyl sites for hydroxylation is 1. The third kappa shape index (κ3) is 2.39. The molecular formula is C12H8BrF3O. The molecule has 5 heteroatoms.